The van der Waals surface area contributed by atoms with E-state index in [4.69, 9.17) is 4.74 Å². The van der Waals surface area contributed by atoms with Crippen LogP contribution < -0.4 is 4.74 Å². The Kier molecular flexibility index (Phi) is 6.54. The molecule has 0 aliphatic heterocycles. The van der Waals surface area contributed by atoms with Crippen LogP contribution in [-0.2, 0) is 23.1 Å². The monoisotopic (exact) mass is 466 g/mol. The van der Waals surface area contributed by atoms with Crippen LogP contribution in [0.15, 0.2) is 66.7 Å². The average Bonchev–Trinajstić information content (AvgIpc) is 3.21. The zero-order valence-corrected chi connectivity index (χ0v) is 20.6. The highest BCUT2D eigenvalue weighted by molar-refractivity contribution is 5.99. The minimum Gasteiger partial charge on any atom is -0.495 e. The summed E-state index contributed by atoms with van der Waals surface area (Å²) in [5.74, 6) is 5.71. The fourth-order valence-corrected chi connectivity index (χ4v) is 4.63. The molecule has 0 spiro atoms. The van der Waals surface area contributed by atoms with Gasteiger partial charge in [0, 0.05) is 17.5 Å². The first-order valence-corrected chi connectivity index (χ1v) is 11.8. The van der Waals surface area contributed by atoms with Crippen molar-refractivity contribution in [3.63, 3.8) is 0 Å². The molecule has 0 atom stereocenters. The van der Waals surface area contributed by atoms with Gasteiger partial charge in [-0.05, 0) is 65.3 Å². The normalized spacial score (nSPS) is 13.9. The van der Waals surface area contributed by atoms with E-state index in [1.165, 1.54) is 5.56 Å². The summed E-state index contributed by atoms with van der Waals surface area (Å²) in [7, 11) is 1.56. The van der Waals surface area contributed by atoms with Crippen molar-refractivity contribution in [3.05, 3.63) is 100 Å². The Bertz CT molecular complexity index is 1310. The lowest BCUT2D eigenvalue weighted by molar-refractivity contribution is -0.148. The largest absolute Gasteiger partial charge is 0.495 e. The van der Waals surface area contributed by atoms with Gasteiger partial charge in [0.2, 0.25) is 0 Å². The first-order valence-electron chi connectivity index (χ1n) is 11.8. The molecular weight excluding hydrogens is 436 g/mol. The van der Waals surface area contributed by atoms with Gasteiger partial charge in [0.25, 0.3) is 0 Å². The van der Waals surface area contributed by atoms with Gasteiger partial charge in [0.15, 0.2) is 5.78 Å². The van der Waals surface area contributed by atoms with E-state index in [0.29, 0.717) is 29.7 Å². The van der Waals surface area contributed by atoms with Gasteiger partial charge < -0.3 is 9.84 Å². The molecule has 1 aliphatic rings. The molecule has 0 fully saturated rings. The van der Waals surface area contributed by atoms with Crippen LogP contribution in [0.2, 0.25) is 0 Å². The smallest absolute Gasteiger partial charge is 0.310 e. The maximum absolute atomic E-state index is 13.3. The fourth-order valence-electron chi connectivity index (χ4n) is 4.63. The minimum atomic E-state index is -1.12. The highest BCUT2D eigenvalue weighted by Crippen LogP contribution is 2.41. The maximum atomic E-state index is 13.3. The van der Waals surface area contributed by atoms with Crippen molar-refractivity contribution in [1.29, 1.82) is 0 Å². The van der Waals surface area contributed by atoms with Crippen LogP contribution in [0.25, 0.3) is 0 Å². The van der Waals surface area contributed by atoms with Gasteiger partial charge in [-0.1, -0.05) is 69.0 Å². The van der Waals surface area contributed by atoms with Gasteiger partial charge >= 0.3 is 5.97 Å². The van der Waals surface area contributed by atoms with Crippen molar-refractivity contribution >= 4 is 11.8 Å². The first kappa shape index (κ1) is 24.3. The summed E-state index contributed by atoms with van der Waals surface area (Å²) in [6.07, 6.45) is 0.653. The predicted octanol–water partition coefficient (Wildman–Crippen LogP) is 5.84. The molecule has 0 saturated carbocycles. The Labute approximate surface area is 207 Å². The van der Waals surface area contributed by atoms with Crippen molar-refractivity contribution in [2.45, 2.75) is 45.4 Å². The van der Waals surface area contributed by atoms with Crippen LogP contribution in [0, 0.1) is 17.3 Å². The third-order valence-corrected chi connectivity index (χ3v) is 6.74. The minimum absolute atomic E-state index is 0.0650. The number of ketones is 1. The highest BCUT2D eigenvalue weighted by Gasteiger charge is 2.45. The second-order valence-electron chi connectivity index (χ2n) is 10.3. The second kappa shape index (κ2) is 9.43. The van der Waals surface area contributed by atoms with Crippen LogP contribution in [0.4, 0.5) is 0 Å². The van der Waals surface area contributed by atoms with E-state index in [1.807, 2.05) is 36.4 Å². The third-order valence-electron chi connectivity index (χ3n) is 6.74. The van der Waals surface area contributed by atoms with Gasteiger partial charge in [0.1, 0.15) is 5.75 Å². The number of hydrogen-bond acceptors (Lipinski definition) is 3. The molecule has 4 nitrogen and oxygen atoms in total. The summed E-state index contributed by atoms with van der Waals surface area (Å²) in [5, 5.41) is 10.1. The highest BCUT2D eigenvalue weighted by atomic mass is 16.5. The summed E-state index contributed by atoms with van der Waals surface area (Å²) in [4.78, 5) is 25.5. The molecule has 3 aromatic carbocycles. The predicted molar refractivity (Wildman–Crippen MR) is 137 cm³/mol. The van der Waals surface area contributed by atoms with Gasteiger partial charge in [-0.15, -0.1) is 0 Å². The number of aliphatic carboxylic acids is 1. The topological polar surface area (TPSA) is 63.6 Å². The quantitative estimate of drug-likeness (QED) is 0.379. The number of fused-ring (bicyclic) bond motifs is 1. The van der Waals surface area contributed by atoms with Crippen molar-refractivity contribution in [1.82, 2.24) is 0 Å². The number of carbonyl (C=O) groups excluding carboxylic acids is 1. The second-order valence-corrected chi connectivity index (χ2v) is 10.3. The number of carboxylic acids is 1. The number of rotatable bonds is 5. The summed E-state index contributed by atoms with van der Waals surface area (Å²) in [5.41, 5.74) is 4.08. The number of carbonyl (C=O) groups is 2. The van der Waals surface area contributed by atoms with Crippen molar-refractivity contribution < 1.29 is 19.4 Å². The van der Waals surface area contributed by atoms with Crippen LogP contribution in [0.5, 0.6) is 5.75 Å². The van der Waals surface area contributed by atoms with Crippen molar-refractivity contribution in [2.24, 2.45) is 5.41 Å². The molecule has 178 valence electrons. The van der Waals surface area contributed by atoms with Gasteiger partial charge in [-0.2, -0.15) is 0 Å². The molecule has 0 amide bonds. The number of benzene rings is 3. The molecular formula is C31H30O4. The van der Waals surface area contributed by atoms with E-state index in [1.54, 1.807) is 25.3 Å². The molecule has 4 rings (SSSR count). The molecule has 0 saturated heterocycles. The van der Waals surface area contributed by atoms with Crippen molar-refractivity contribution in [3.8, 4) is 17.6 Å². The molecule has 0 unspecified atom stereocenters. The Balaban J connectivity index is 1.59. The molecule has 0 radical (unpaired) electrons. The molecule has 0 bridgehead atoms. The molecule has 1 N–H and O–H groups in total. The van der Waals surface area contributed by atoms with E-state index in [2.05, 4.69) is 44.7 Å². The lowest BCUT2D eigenvalue weighted by Gasteiger charge is -2.23. The Morgan fingerprint density at radius 2 is 1.57 bits per heavy atom. The molecule has 0 heterocycles. The average molecular weight is 467 g/mol. The molecule has 0 aromatic heterocycles. The molecule has 4 heteroatoms. The number of methoxy groups -OCH3 is 1. The van der Waals surface area contributed by atoms with Gasteiger partial charge in [-0.25, -0.2) is 0 Å². The summed E-state index contributed by atoms with van der Waals surface area (Å²) >= 11 is 0. The lowest BCUT2D eigenvalue weighted by atomic mass is 9.78. The summed E-state index contributed by atoms with van der Waals surface area (Å²) < 4.78 is 5.46. The Morgan fingerprint density at radius 1 is 0.943 bits per heavy atom. The van der Waals surface area contributed by atoms with Gasteiger partial charge in [-0.3, -0.25) is 9.59 Å². The first-order chi connectivity index (χ1) is 16.6. The maximum Gasteiger partial charge on any atom is 0.310 e. The Morgan fingerprint density at radius 3 is 2.11 bits per heavy atom. The van der Waals surface area contributed by atoms with E-state index >= 15 is 0 Å². The fraction of sp³-hybridized carbons (Fsp3) is 0.290. The lowest BCUT2D eigenvalue weighted by Crippen LogP contribution is -2.34. The summed E-state index contributed by atoms with van der Waals surface area (Å²) in [6.45, 7) is 6.50. The number of ether oxygens (including phenoxy) is 1. The van der Waals surface area contributed by atoms with Crippen LogP contribution in [-0.4, -0.2) is 24.0 Å². The van der Waals surface area contributed by atoms with Crippen LogP contribution in [0.1, 0.15) is 65.4 Å². The van der Waals surface area contributed by atoms with E-state index in [9.17, 15) is 14.7 Å². The van der Waals surface area contributed by atoms with Gasteiger partial charge in [0.05, 0.1) is 18.1 Å². The van der Waals surface area contributed by atoms with E-state index in [0.717, 1.165) is 16.7 Å². The zero-order valence-electron chi connectivity index (χ0n) is 20.6. The van der Waals surface area contributed by atoms with Crippen LogP contribution >= 0.6 is 0 Å². The number of hydrogen-bond donors (Lipinski definition) is 1. The standard InChI is InChI=1S/C31H30O4/c1-30(2,3)26-14-10-21(11-15-26)9-12-23-17-22(13-16-28(23)35-4)27(32)20-31(29(33)34)18-24-7-5-6-8-25(24)19-31/h5-8,10-11,13-17H,18-20H2,1-4H3,(H,33,34). The molecule has 35 heavy (non-hydrogen) atoms. The number of carboxylic acid groups (broad SMARTS) is 1. The SMILES string of the molecule is COc1ccc(C(=O)CC2(C(=O)O)Cc3ccccc3C2)cc1C#Cc1ccc(C(C)(C)C)cc1. The molecule has 1 aliphatic carbocycles. The third kappa shape index (κ3) is 5.15. The number of Topliss-reactive ketones (excluding diaryl/α,β-unsaturated/α-hetero) is 1. The van der Waals surface area contributed by atoms with E-state index < -0.39 is 11.4 Å². The summed E-state index contributed by atoms with van der Waals surface area (Å²) in [6, 6.07) is 20.9. The Hall–Kier alpha value is -3.84. The van der Waals surface area contributed by atoms with E-state index in [-0.39, 0.29) is 17.6 Å². The van der Waals surface area contributed by atoms with Crippen LogP contribution in [0.3, 0.4) is 0 Å². The molecule has 3 aromatic rings. The zero-order chi connectivity index (χ0) is 25.2. The van der Waals surface area contributed by atoms with Crippen molar-refractivity contribution in [2.75, 3.05) is 7.11 Å².